The molecular formula is C24H32N2O3. The third-order valence-electron chi connectivity index (χ3n) is 5.43. The highest BCUT2D eigenvalue weighted by atomic mass is 16.6. The summed E-state index contributed by atoms with van der Waals surface area (Å²) in [4.78, 5) is 30.5. The fourth-order valence-electron chi connectivity index (χ4n) is 3.61. The maximum atomic E-state index is 12.9. The lowest BCUT2D eigenvalue weighted by atomic mass is 9.77. The maximum absolute atomic E-state index is 12.9. The van der Waals surface area contributed by atoms with Gasteiger partial charge in [-0.05, 0) is 36.3 Å². The van der Waals surface area contributed by atoms with Gasteiger partial charge in [-0.1, -0.05) is 80.9 Å². The maximum Gasteiger partial charge on any atom is 0.247 e. The van der Waals surface area contributed by atoms with Gasteiger partial charge in [0.25, 0.3) is 0 Å². The SMILES string of the molecule is CCC(C)[C@@H](C(N)=O)[C@H](CCCc1ccccc1)C(=O)NOCc1ccccc1. The van der Waals surface area contributed by atoms with Crippen LogP contribution in [0.2, 0.25) is 0 Å². The lowest BCUT2D eigenvalue weighted by Crippen LogP contribution is -2.43. The first-order valence-corrected chi connectivity index (χ1v) is 10.3. The molecule has 0 aliphatic carbocycles. The van der Waals surface area contributed by atoms with Crippen LogP contribution in [0.25, 0.3) is 0 Å². The number of carbonyl (C=O) groups is 2. The van der Waals surface area contributed by atoms with Gasteiger partial charge in [0.2, 0.25) is 11.8 Å². The molecule has 0 aliphatic rings. The molecule has 0 saturated heterocycles. The van der Waals surface area contributed by atoms with E-state index >= 15 is 0 Å². The molecule has 0 bridgehead atoms. The van der Waals surface area contributed by atoms with Crippen LogP contribution >= 0.6 is 0 Å². The lowest BCUT2D eigenvalue weighted by Gasteiger charge is -2.28. The number of hydroxylamine groups is 1. The van der Waals surface area contributed by atoms with Gasteiger partial charge in [0.15, 0.2) is 0 Å². The zero-order valence-electron chi connectivity index (χ0n) is 17.3. The number of nitrogens with one attached hydrogen (secondary N) is 1. The lowest BCUT2D eigenvalue weighted by molar-refractivity contribution is -0.145. The Morgan fingerprint density at radius 2 is 1.59 bits per heavy atom. The Labute approximate surface area is 173 Å². The molecule has 0 saturated carbocycles. The van der Waals surface area contributed by atoms with Crippen LogP contribution in [0, 0.1) is 17.8 Å². The van der Waals surface area contributed by atoms with E-state index in [4.69, 9.17) is 10.6 Å². The van der Waals surface area contributed by atoms with Crippen LogP contribution in [-0.4, -0.2) is 11.8 Å². The zero-order chi connectivity index (χ0) is 21.1. The smallest absolute Gasteiger partial charge is 0.247 e. The average molecular weight is 397 g/mol. The van der Waals surface area contributed by atoms with Crippen LogP contribution in [-0.2, 0) is 27.5 Å². The summed E-state index contributed by atoms with van der Waals surface area (Å²) in [5.74, 6) is -1.72. The third kappa shape index (κ3) is 7.35. The average Bonchev–Trinajstić information content (AvgIpc) is 2.74. The molecule has 0 spiro atoms. The van der Waals surface area contributed by atoms with E-state index < -0.39 is 17.7 Å². The first-order valence-electron chi connectivity index (χ1n) is 10.3. The van der Waals surface area contributed by atoms with Crippen LogP contribution in [0.15, 0.2) is 60.7 Å². The second-order valence-electron chi connectivity index (χ2n) is 7.54. The molecule has 0 aromatic heterocycles. The number of rotatable bonds is 12. The number of amides is 2. The predicted molar refractivity (Wildman–Crippen MR) is 114 cm³/mol. The number of primary amides is 1. The second kappa shape index (κ2) is 12.0. The minimum atomic E-state index is -0.518. The Morgan fingerprint density at radius 1 is 1.00 bits per heavy atom. The van der Waals surface area contributed by atoms with Crippen LogP contribution in [0.5, 0.6) is 0 Å². The summed E-state index contributed by atoms with van der Waals surface area (Å²) in [5.41, 5.74) is 10.4. The number of hydrogen-bond donors (Lipinski definition) is 2. The van der Waals surface area contributed by atoms with E-state index in [0.29, 0.717) is 6.42 Å². The molecule has 3 atom stereocenters. The van der Waals surface area contributed by atoms with E-state index in [2.05, 4.69) is 17.6 Å². The molecule has 0 fully saturated rings. The Morgan fingerprint density at radius 3 is 2.14 bits per heavy atom. The quantitative estimate of drug-likeness (QED) is 0.532. The molecule has 0 radical (unpaired) electrons. The van der Waals surface area contributed by atoms with Crippen LogP contribution in [0.1, 0.15) is 44.2 Å². The normalized spacial score (nSPS) is 14.0. The van der Waals surface area contributed by atoms with Crippen molar-refractivity contribution in [2.45, 2.75) is 46.1 Å². The molecule has 0 aliphatic heterocycles. The summed E-state index contributed by atoms with van der Waals surface area (Å²) < 4.78 is 0. The van der Waals surface area contributed by atoms with Crippen molar-refractivity contribution in [3.05, 3.63) is 71.8 Å². The van der Waals surface area contributed by atoms with Crippen molar-refractivity contribution >= 4 is 11.8 Å². The molecule has 5 nitrogen and oxygen atoms in total. The largest absolute Gasteiger partial charge is 0.369 e. The van der Waals surface area contributed by atoms with E-state index in [-0.39, 0.29) is 18.4 Å². The van der Waals surface area contributed by atoms with Crippen LogP contribution in [0.3, 0.4) is 0 Å². The minimum Gasteiger partial charge on any atom is -0.369 e. The molecule has 1 unspecified atom stereocenters. The topological polar surface area (TPSA) is 81.4 Å². The van der Waals surface area contributed by atoms with Gasteiger partial charge in [-0.2, -0.15) is 0 Å². The second-order valence-corrected chi connectivity index (χ2v) is 7.54. The molecule has 2 amide bonds. The number of hydrogen-bond acceptors (Lipinski definition) is 3. The molecule has 3 N–H and O–H groups in total. The third-order valence-corrected chi connectivity index (χ3v) is 5.43. The Balaban J connectivity index is 2.01. The Kier molecular flexibility index (Phi) is 9.38. The summed E-state index contributed by atoms with van der Waals surface area (Å²) in [6.45, 7) is 4.25. The van der Waals surface area contributed by atoms with Crippen molar-refractivity contribution in [2.24, 2.45) is 23.5 Å². The van der Waals surface area contributed by atoms with Gasteiger partial charge in [0.1, 0.15) is 0 Å². The zero-order valence-corrected chi connectivity index (χ0v) is 17.3. The van der Waals surface area contributed by atoms with Gasteiger partial charge >= 0.3 is 0 Å². The standard InChI is InChI=1S/C24H32N2O3/c1-3-18(2)22(23(25)27)21(16-10-15-19-11-6-4-7-12-19)24(28)26-29-17-20-13-8-5-9-14-20/h4-9,11-14,18,21-22H,3,10,15-17H2,1-2H3,(H2,25,27)(H,26,28)/t18?,21-,22+/m0/s1. The molecule has 29 heavy (non-hydrogen) atoms. The summed E-state index contributed by atoms with van der Waals surface area (Å²) in [5, 5.41) is 0. The van der Waals surface area contributed by atoms with Crippen molar-refractivity contribution in [3.8, 4) is 0 Å². The van der Waals surface area contributed by atoms with Crippen molar-refractivity contribution in [3.63, 3.8) is 0 Å². The highest BCUT2D eigenvalue weighted by Gasteiger charge is 2.35. The predicted octanol–water partition coefficient (Wildman–Crippen LogP) is 4.02. The molecule has 5 heteroatoms. The van der Waals surface area contributed by atoms with E-state index in [0.717, 1.165) is 24.8 Å². The van der Waals surface area contributed by atoms with E-state index in [1.165, 1.54) is 5.56 Å². The van der Waals surface area contributed by atoms with Crippen molar-refractivity contribution in [1.82, 2.24) is 5.48 Å². The number of aryl methyl sites for hydroxylation is 1. The van der Waals surface area contributed by atoms with Crippen LogP contribution < -0.4 is 11.2 Å². The van der Waals surface area contributed by atoms with E-state index in [1.807, 2.05) is 62.4 Å². The van der Waals surface area contributed by atoms with Gasteiger partial charge < -0.3 is 5.73 Å². The fourth-order valence-corrected chi connectivity index (χ4v) is 3.61. The van der Waals surface area contributed by atoms with E-state index in [9.17, 15) is 9.59 Å². The van der Waals surface area contributed by atoms with Crippen molar-refractivity contribution in [1.29, 1.82) is 0 Å². The highest BCUT2D eigenvalue weighted by Crippen LogP contribution is 2.28. The molecule has 156 valence electrons. The van der Waals surface area contributed by atoms with Gasteiger partial charge in [-0.25, -0.2) is 5.48 Å². The summed E-state index contributed by atoms with van der Waals surface area (Å²) in [7, 11) is 0. The first kappa shape index (κ1) is 22.6. The molecule has 2 aromatic rings. The number of nitrogens with two attached hydrogens (primary N) is 1. The van der Waals surface area contributed by atoms with Gasteiger partial charge in [-0.15, -0.1) is 0 Å². The first-order chi connectivity index (χ1) is 14.0. The van der Waals surface area contributed by atoms with Crippen molar-refractivity contribution in [2.75, 3.05) is 0 Å². The monoisotopic (exact) mass is 396 g/mol. The summed E-state index contributed by atoms with van der Waals surface area (Å²) in [6, 6.07) is 19.7. The summed E-state index contributed by atoms with van der Waals surface area (Å²) >= 11 is 0. The number of carbonyl (C=O) groups excluding carboxylic acids is 2. The van der Waals surface area contributed by atoms with Crippen molar-refractivity contribution < 1.29 is 14.4 Å². The molecule has 0 heterocycles. The molecule has 2 rings (SSSR count). The molecular weight excluding hydrogens is 364 g/mol. The van der Waals surface area contributed by atoms with E-state index in [1.54, 1.807) is 0 Å². The Hall–Kier alpha value is -2.66. The Bertz CT molecular complexity index is 749. The summed E-state index contributed by atoms with van der Waals surface area (Å²) in [6.07, 6.45) is 3.00. The fraction of sp³-hybridized carbons (Fsp3) is 0.417. The van der Waals surface area contributed by atoms with Gasteiger partial charge in [-0.3, -0.25) is 14.4 Å². The van der Waals surface area contributed by atoms with Gasteiger partial charge in [0, 0.05) is 0 Å². The van der Waals surface area contributed by atoms with Crippen LogP contribution in [0.4, 0.5) is 0 Å². The highest BCUT2D eigenvalue weighted by molar-refractivity contribution is 5.86. The van der Waals surface area contributed by atoms with Gasteiger partial charge in [0.05, 0.1) is 18.4 Å². The minimum absolute atomic E-state index is 0.0223. The number of benzene rings is 2. The molecule has 2 aromatic carbocycles.